The quantitative estimate of drug-likeness (QED) is 0.667. The van der Waals surface area contributed by atoms with Crippen molar-refractivity contribution in [2.24, 2.45) is 0 Å². The summed E-state index contributed by atoms with van der Waals surface area (Å²) in [4.78, 5) is 22.0. The van der Waals surface area contributed by atoms with Crippen molar-refractivity contribution in [2.75, 3.05) is 12.4 Å². The zero-order chi connectivity index (χ0) is 12.8. The number of hydrogen-bond donors (Lipinski definition) is 1. The number of amides is 1. The first-order valence-electron chi connectivity index (χ1n) is 4.55. The van der Waals surface area contributed by atoms with E-state index in [-0.39, 0.29) is 5.02 Å². The SMILES string of the molecule is COC(=O)/C=C\C(=O)Nc1ccc(F)c(Cl)c1. The Morgan fingerprint density at radius 3 is 2.71 bits per heavy atom. The molecule has 1 aromatic carbocycles. The number of methoxy groups -OCH3 is 1. The Bertz CT molecular complexity index is 474. The van der Waals surface area contributed by atoms with Crippen LogP contribution in [0.5, 0.6) is 0 Å². The molecule has 0 unspecified atom stereocenters. The molecule has 0 aromatic heterocycles. The molecule has 0 fully saturated rings. The normalized spacial score (nSPS) is 10.3. The fraction of sp³-hybridized carbons (Fsp3) is 0.0909. The van der Waals surface area contributed by atoms with Gasteiger partial charge in [0.05, 0.1) is 12.1 Å². The average Bonchev–Trinajstić information content (AvgIpc) is 2.31. The highest BCUT2D eigenvalue weighted by Gasteiger charge is 2.03. The summed E-state index contributed by atoms with van der Waals surface area (Å²) < 4.78 is 17.1. The van der Waals surface area contributed by atoms with Crippen LogP contribution in [-0.4, -0.2) is 19.0 Å². The third kappa shape index (κ3) is 4.24. The second kappa shape index (κ2) is 6.00. The Morgan fingerprint density at radius 1 is 1.41 bits per heavy atom. The van der Waals surface area contributed by atoms with Gasteiger partial charge in [0.1, 0.15) is 5.82 Å². The second-order valence-electron chi connectivity index (χ2n) is 2.97. The highest BCUT2D eigenvalue weighted by molar-refractivity contribution is 6.31. The third-order valence-corrected chi connectivity index (χ3v) is 2.05. The summed E-state index contributed by atoms with van der Waals surface area (Å²) in [6.45, 7) is 0. The van der Waals surface area contributed by atoms with Crippen LogP contribution in [0.1, 0.15) is 0 Å². The van der Waals surface area contributed by atoms with Crippen LogP contribution in [0, 0.1) is 5.82 Å². The Labute approximate surface area is 102 Å². The Morgan fingerprint density at radius 2 is 2.12 bits per heavy atom. The zero-order valence-electron chi connectivity index (χ0n) is 8.87. The molecule has 6 heteroatoms. The molecule has 0 radical (unpaired) electrons. The molecule has 0 heterocycles. The fourth-order valence-corrected chi connectivity index (χ4v) is 1.15. The summed E-state index contributed by atoms with van der Waals surface area (Å²) in [6, 6.07) is 3.74. The van der Waals surface area contributed by atoms with E-state index in [9.17, 15) is 14.0 Å². The number of ether oxygens (including phenoxy) is 1. The number of anilines is 1. The minimum Gasteiger partial charge on any atom is -0.466 e. The highest BCUT2D eigenvalue weighted by atomic mass is 35.5. The van der Waals surface area contributed by atoms with Crippen LogP contribution >= 0.6 is 11.6 Å². The number of carbonyl (C=O) groups excluding carboxylic acids is 2. The van der Waals surface area contributed by atoms with Crippen molar-refractivity contribution in [1.82, 2.24) is 0 Å². The van der Waals surface area contributed by atoms with Crippen LogP contribution in [0.25, 0.3) is 0 Å². The van der Waals surface area contributed by atoms with Gasteiger partial charge in [-0.15, -0.1) is 0 Å². The molecule has 0 aliphatic carbocycles. The van der Waals surface area contributed by atoms with E-state index in [1.54, 1.807) is 0 Å². The molecular weight excluding hydrogens is 249 g/mol. The monoisotopic (exact) mass is 257 g/mol. The molecule has 0 aliphatic heterocycles. The molecular formula is C11H9ClFNO3. The number of halogens is 2. The summed E-state index contributed by atoms with van der Waals surface area (Å²) in [5.74, 6) is -1.76. The van der Waals surface area contributed by atoms with Crippen LogP contribution in [0.3, 0.4) is 0 Å². The molecule has 0 spiro atoms. The van der Waals surface area contributed by atoms with Gasteiger partial charge < -0.3 is 10.1 Å². The maximum Gasteiger partial charge on any atom is 0.330 e. The van der Waals surface area contributed by atoms with Crippen molar-refractivity contribution >= 4 is 29.2 Å². The van der Waals surface area contributed by atoms with Gasteiger partial charge in [0.15, 0.2) is 0 Å². The van der Waals surface area contributed by atoms with Crippen molar-refractivity contribution in [3.05, 3.63) is 41.2 Å². The van der Waals surface area contributed by atoms with E-state index in [0.717, 1.165) is 18.2 Å². The van der Waals surface area contributed by atoms with Crippen LogP contribution in [0.15, 0.2) is 30.4 Å². The molecule has 4 nitrogen and oxygen atoms in total. The van der Waals surface area contributed by atoms with Gasteiger partial charge in [-0.1, -0.05) is 11.6 Å². The van der Waals surface area contributed by atoms with E-state index in [4.69, 9.17) is 11.6 Å². The number of carbonyl (C=O) groups is 2. The maximum absolute atomic E-state index is 12.8. The van der Waals surface area contributed by atoms with E-state index in [1.165, 1.54) is 19.2 Å². The molecule has 1 aromatic rings. The molecule has 0 saturated carbocycles. The third-order valence-electron chi connectivity index (χ3n) is 1.76. The lowest BCUT2D eigenvalue weighted by Crippen LogP contribution is -2.09. The molecule has 0 atom stereocenters. The lowest BCUT2D eigenvalue weighted by molar-refractivity contribution is -0.135. The average molecular weight is 258 g/mol. The van der Waals surface area contributed by atoms with E-state index in [0.29, 0.717) is 5.69 Å². The summed E-state index contributed by atoms with van der Waals surface area (Å²) in [5, 5.41) is 2.31. The van der Waals surface area contributed by atoms with Gasteiger partial charge in [-0.3, -0.25) is 4.79 Å². The van der Waals surface area contributed by atoms with Gasteiger partial charge in [0.25, 0.3) is 0 Å². The second-order valence-corrected chi connectivity index (χ2v) is 3.38. The molecule has 1 N–H and O–H groups in total. The Kier molecular flexibility index (Phi) is 4.66. The molecule has 17 heavy (non-hydrogen) atoms. The number of esters is 1. The smallest absolute Gasteiger partial charge is 0.330 e. The standard InChI is InChI=1S/C11H9ClFNO3/c1-17-11(16)5-4-10(15)14-7-2-3-9(13)8(12)6-7/h2-6H,1H3,(H,14,15)/b5-4-. The Hall–Kier alpha value is -1.88. The van der Waals surface area contributed by atoms with Gasteiger partial charge in [-0.25, -0.2) is 9.18 Å². The molecule has 0 saturated heterocycles. The van der Waals surface area contributed by atoms with E-state index >= 15 is 0 Å². The van der Waals surface area contributed by atoms with E-state index in [2.05, 4.69) is 10.1 Å². The molecule has 0 bridgehead atoms. The molecule has 1 amide bonds. The fourth-order valence-electron chi connectivity index (χ4n) is 0.970. The van der Waals surface area contributed by atoms with Gasteiger partial charge in [0.2, 0.25) is 5.91 Å². The predicted octanol–water partition coefficient (Wildman–Crippen LogP) is 2.15. The van der Waals surface area contributed by atoms with Crippen molar-refractivity contribution < 1.29 is 18.7 Å². The molecule has 0 aliphatic rings. The van der Waals surface area contributed by atoms with Crippen molar-refractivity contribution in [3.8, 4) is 0 Å². The minimum atomic E-state index is -0.641. The number of nitrogens with one attached hydrogen (secondary N) is 1. The van der Waals surface area contributed by atoms with Gasteiger partial charge in [0, 0.05) is 17.8 Å². The lowest BCUT2D eigenvalue weighted by Gasteiger charge is -2.02. The van der Waals surface area contributed by atoms with Crippen LogP contribution in [0.4, 0.5) is 10.1 Å². The first kappa shape index (κ1) is 13.2. The van der Waals surface area contributed by atoms with E-state index in [1.807, 2.05) is 0 Å². The summed E-state index contributed by atoms with van der Waals surface area (Å²) >= 11 is 5.53. The molecule has 90 valence electrons. The van der Waals surface area contributed by atoms with Crippen LogP contribution in [-0.2, 0) is 14.3 Å². The summed E-state index contributed by atoms with van der Waals surface area (Å²) in [6.07, 6.45) is 1.98. The lowest BCUT2D eigenvalue weighted by atomic mass is 10.3. The largest absolute Gasteiger partial charge is 0.466 e. The van der Waals surface area contributed by atoms with Crippen LogP contribution < -0.4 is 5.32 Å². The van der Waals surface area contributed by atoms with Crippen molar-refractivity contribution in [3.63, 3.8) is 0 Å². The van der Waals surface area contributed by atoms with Crippen molar-refractivity contribution in [2.45, 2.75) is 0 Å². The zero-order valence-corrected chi connectivity index (χ0v) is 9.62. The molecule has 1 rings (SSSR count). The predicted molar refractivity (Wildman–Crippen MR) is 61.2 cm³/mol. The summed E-state index contributed by atoms with van der Waals surface area (Å²) in [7, 11) is 1.20. The van der Waals surface area contributed by atoms with Gasteiger partial charge in [-0.2, -0.15) is 0 Å². The van der Waals surface area contributed by atoms with Crippen LogP contribution in [0.2, 0.25) is 5.02 Å². The van der Waals surface area contributed by atoms with Gasteiger partial charge >= 0.3 is 5.97 Å². The minimum absolute atomic E-state index is 0.0975. The maximum atomic E-state index is 12.8. The number of benzene rings is 1. The Balaban J connectivity index is 2.65. The first-order chi connectivity index (χ1) is 8.02. The number of hydrogen-bond acceptors (Lipinski definition) is 3. The van der Waals surface area contributed by atoms with Crippen molar-refractivity contribution in [1.29, 1.82) is 0 Å². The highest BCUT2D eigenvalue weighted by Crippen LogP contribution is 2.19. The van der Waals surface area contributed by atoms with E-state index < -0.39 is 17.7 Å². The first-order valence-corrected chi connectivity index (χ1v) is 4.93. The summed E-state index contributed by atoms with van der Waals surface area (Å²) in [5.41, 5.74) is 0.330. The van der Waals surface area contributed by atoms with Gasteiger partial charge in [-0.05, 0) is 18.2 Å². The number of rotatable bonds is 3. The topological polar surface area (TPSA) is 55.4 Å².